The maximum atomic E-state index is 12.5. The van der Waals surface area contributed by atoms with Crippen molar-refractivity contribution in [2.75, 3.05) is 19.1 Å². The van der Waals surface area contributed by atoms with E-state index in [1.54, 1.807) is 54.4 Å². The molecule has 1 unspecified atom stereocenters. The zero-order valence-corrected chi connectivity index (χ0v) is 15.1. The van der Waals surface area contributed by atoms with E-state index in [1.807, 2.05) is 6.26 Å². The summed E-state index contributed by atoms with van der Waals surface area (Å²) < 4.78 is 10.4. The van der Waals surface area contributed by atoms with Gasteiger partial charge in [-0.2, -0.15) is 11.8 Å². The molecule has 0 saturated heterocycles. The summed E-state index contributed by atoms with van der Waals surface area (Å²) in [7, 11) is 1.51. The Kier molecular flexibility index (Phi) is 7.40. The fourth-order valence-corrected chi connectivity index (χ4v) is 2.75. The smallest absolute Gasteiger partial charge is 0.255 e. The minimum absolute atomic E-state index is 0.242. The highest BCUT2D eigenvalue weighted by Gasteiger charge is 2.22. The van der Waals surface area contributed by atoms with Gasteiger partial charge in [0.1, 0.15) is 17.6 Å². The Morgan fingerprint density at radius 3 is 2.72 bits per heavy atom. The van der Waals surface area contributed by atoms with E-state index in [4.69, 9.17) is 9.15 Å². The third-order valence-corrected chi connectivity index (χ3v) is 4.24. The van der Waals surface area contributed by atoms with E-state index in [1.165, 1.54) is 7.11 Å². The number of furan rings is 1. The van der Waals surface area contributed by atoms with Gasteiger partial charge < -0.3 is 19.8 Å². The molecule has 0 saturated carbocycles. The van der Waals surface area contributed by atoms with Crippen LogP contribution in [-0.4, -0.2) is 37.0 Å². The van der Waals surface area contributed by atoms with Crippen molar-refractivity contribution in [1.82, 2.24) is 10.6 Å². The number of benzene rings is 1. The van der Waals surface area contributed by atoms with E-state index in [9.17, 15) is 9.59 Å². The highest BCUT2D eigenvalue weighted by Crippen LogP contribution is 2.17. The molecule has 1 aromatic carbocycles. The fraction of sp³-hybridized carbons (Fsp3) is 0.333. The second-order valence-corrected chi connectivity index (χ2v) is 6.29. The zero-order valence-electron chi connectivity index (χ0n) is 14.3. The van der Waals surface area contributed by atoms with E-state index in [0.29, 0.717) is 23.5 Å². The number of methoxy groups -OCH3 is 1. The summed E-state index contributed by atoms with van der Waals surface area (Å²) in [5.74, 6) is 1.31. The molecule has 6 nitrogen and oxygen atoms in total. The van der Waals surface area contributed by atoms with Crippen molar-refractivity contribution in [2.24, 2.45) is 0 Å². The monoisotopic (exact) mass is 362 g/mol. The molecule has 1 heterocycles. The predicted octanol–water partition coefficient (Wildman–Crippen LogP) is 2.46. The molecular formula is C18H22N2O4S. The van der Waals surface area contributed by atoms with Gasteiger partial charge >= 0.3 is 0 Å². The first kappa shape index (κ1) is 18.9. The fourth-order valence-electron chi connectivity index (χ4n) is 2.28. The van der Waals surface area contributed by atoms with Crippen LogP contribution in [0.1, 0.15) is 22.5 Å². The summed E-state index contributed by atoms with van der Waals surface area (Å²) in [5.41, 5.74) is 0.401. The molecular weight excluding hydrogens is 340 g/mol. The minimum Gasteiger partial charge on any atom is -0.496 e. The van der Waals surface area contributed by atoms with Gasteiger partial charge in [0.15, 0.2) is 0 Å². The lowest BCUT2D eigenvalue weighted by Crippen LogP contribution is -2.46. The van der Waals surface area contributed by atoms with Crippen molar-refractivity contribution in [3.8, 4) is 5.75 Å². The molecule has 0 aliphatic heterocycles. The maximum absolute atomic E-state index is 12.5. The average Bonchev–Trinajstić information content (AvgIpc) is 3.16. The number of rotatable bonds is 9. The molecule has 25 heavy (non-hydrogen) atoms. The van der Waals surface area contributed by atoms with Gasteiger partial charge in [-0.3, -0.25) is 9.59 Å². The Morgan fingerprint density at radius 2 is 2.04 bits per heavy atom. The first-order valence-electron chi connectivity index (χ1n) is 7.88. The number of ether oxygens (including phenoxy) is 1. The molecule has 2 N–H and O–H groups in total. The van der Waals surface area contributed by atoms with Crippen molar-refractivity contribution in [2.45, 2.75) is 19.0 Å². The Bertz CT molecular complexity index is 688. The van der Waals surface area contributed by atoms with E-state index < -0.39 is 6.04 Å². The topological polar surface area (TPSA) is 80.6 Å². The first-order valence-corrected chi connectivity index (χ1v) is 9.28. The number of nitrogens with one attached hydrogen (secondary N) is 2. The van der Waals surface area contributed by atoms with Gasteiger partial charge in [-0.25, -0.2) is 0 Å². The van der Waals surface area contributed by atoms with Crippen molar-refractivity contribution >= 4 is 23.6 Å². The summed E-state index contributed by atoms with van der Waals surface area (Å²) >= 11 is 1.62. The summed E-state index contributed by atoms with van der Waals surface area (Å²) in [4.78, 5) is 25.0. The normalized spacial score (nSPS) is 11.6. The molecule has 2 aromatic rings. The van der Waals surface area contributed by atoms with Crippen LogP contribution in [0.2, 0.25) is 0 Å². The lowest BCUT2D eigenvalue weighted by Gasteiger charge is -2.18. The lowest BCUT2D eigenvalue weighted by molar-refractivity contribution is -0.123. The van der Waals surface area contributed by atoms with Crippen molar-refractivity contribution in [3.63, 3.8) is 0 Å². The van der Waals surface area contributed by atoms with Crippen molar-refractivity contribution < 1.29 is 18.7 Å². The Hall–Kier alpha value is -2.41. The molecule has 2 rings (SSSR count). The SMILES string of the molecule is COc1ccccc1C(=O)NC(CCSC)C(=O)NCc1ccco1. The van der Waals surface area contributed by atoms with Crippen LogP contribution in [-0.2, 0) is 11.3 Å². The predicted molar refractivity (Wildman–Crippen MR) is 97.8 cm³/mol. The van der Waals surface area contributed by atoms with Gasteiger partial charge in [0.2, 0.25) is 5.91 Å². The highest BCUT2D eigenvalue weighted by molar-refractivity contribution is 7.98. The largest absolute Gasteiger partial charge is 0.496 e. The summed E-state index contributed by atoms with van der Waals surface area (Å²) in [5, 5.41) is 5.59. The lowest BCUT2D eigenvalue weighted by atomic mass is 10.1. The van der Waals surface area contributed by atoms with Crippen LogP contribution in [0.15, 0.2) is 47.1 Å². The average molecular weight is 362 g/mol. The quantitative estimate of drug-likeness (QED) is 0.716. The molecule has 0 aliphatic rings. The van der Waals surface area contributed by atoms with Crippen LogP contribution in [0.5, 0.6) is 5.75 Å². The van der Waals surface area contributed by atoms with E-state index in [2.05, 4.69) is 10.6 Å². The molecule has 7 heteroatoms. The van der Waals surface area contributed by atoms with Crippen molar-refractivity contribution in [1.29, 1.82) is 0 Å². The van der Waals surface area contributed by atoms with Gasteiger partial charge in [-0.05, 0) is 42.7 Å². The minimum atomic E-state index is -0.625. The molecule has 0 bridgehead atoms. The Balaban J connectivity index is 2.02. The summed E-state index contributed by atoms with van der Waals surface area (Å²) in [6.07, 6.45) is 4.04. The van der Waals surface area contributed by atoms with Gasteiger partial charge in [-0.15, -0.1) is 0 Å². The van der Waals surface area contributed by atoms with Crippen LogP contribution in [0, 0.1) is 0 Å². The Morgan fingerprint density at radius 1 is 1.24 bits per heavy atom. The van der Waals surface area contributed by atoms with Gasteiger partial charge in [-0.1, -0.05) is 12.1 Å². The molecule has 1 aromatic heterocycles. The van der Waals surface area contributed by atoms with E-state index in [-0.39, 0.29) is 18.4 Å². The van der Waals surface area contributed by atoms with Crippen LogP contribution in [0.4, 0.5) is 0 Å². The number of carbonyl (C=O) groups is 2. The number of hydrogen-bond donors (Lipinski definition) is 2. The van der Waals surface area contributed by atoms with Crippen LogP contribution in [0.3, 0.4) is 0 Å². The summed E-state index contributed by atoms with van der Waals surface area (Å²) in [6.45, 7) is 0.284. The molecule has 0 spiro atoms. The van der Waals surface area contributed by atoms with E-state index >= 15 is 0 Å². The van der Waals surface area contributed by atoms with Gasteiger partial charge in [0, 0.05) is 0 Å². The van der Waals surface area contributed by atoms with Crippen LogP contribution in [0.25, 0.3) is 0 Å². The summed E-state index contributed by atoms with van der Waals surface area (Å²) in [6, 6.07) is 9.84. The third-order valence-electron chi connectivity index (χ3n) is 3.60. The first-order chi connectivity index (χ1) is 12.2. The Labute approximate surface area is 151 Å². The molecule has 0 fully saturated rings. The van der Waals surface area contributed by atoms with Crippen molar-refractivity contribution in [3.05, 3.63) is 54.0 Å². The van der Waals surface area contributed by atoms with Gasteiger partial charge in [0.25, 0.3) is 5.91 Å². The molecule has 0 radical (unpaired) electrons. The number of para-hydroxylation sites is 1. The molecule has 134 valence electrons. The number of carbonyl (C=O) groups excluding carboxylic acids is 2. The highest BCUT2D eigenvalue weighted by atomic mass is 32.2. The molecule has 0 aliphatic carbocycles. The number of hydrogen-bond acceptors (Lipinski definition) is 5. The standard InChI is InChI=1S/C18H22N2O4S/c1-23-16-8-4-3-7-14(16)17(21)20-15(9-11-25-2)18(22)19-12-13-6-5-10-24-13/h3-8,10,15H,9,11-12H2,1-2H3,(H,19,22)(H,20,21). The second kappa shape index (κ2) is 9.78. The maximum Gasteiger partial charge on any atom is 0.255 e. The van der Waals surface area contributed by atoms with Crippen LogP contribution >= 0.6 is 11.8 Å². The molecule has 1 atom stereocenters. The van der Waals surface area contributed by atoms with Gasteiger partial charge in [0.05, 0.1) is 25.5 Å². The third kappa shape index (κ3) is 5.56. The molecule has 2 amide bonds. The zero-order chi connectivity index (χ0) is 18.1. The number of thioether (sulfide) groups is 1. The number of amides is 2. The van der Waals surface area contributed by atoms with Crippen LogP contribution < -0.4 is 15.4 Å². The van der Waals surface area contributed by atoms with E-state index in [0.717, 1.165) is 5.75 Å². The second-order valence-electron chi connectivity index (χ2n) is 5.30.